The number of nitrogens with zero attached hydrogens (tertiary/aromatic N) is 1. The lowest BCUT2D eigenvalue weighted by Crippen LogP contribution is -2.12. The number of hydrogen-bond acceptors (Lipinski definition) is 4. The van der Waals surface area contributed by atoms with E-state index in [1.807, 2.05) is 6.92 Å². The molecule has 4 nitrogen and oxygen atoms in total. The van der Waals surface area contributed by atoms with Crippen molar-refractivity contribution in [2.24, 2.45) is 0 Å². The van der Waals surface area contributed by atoms with Gasteiger partial charge in [0.1, 0.15) is 0 Å². The average Bonchev–Trinajstić information content (AvgIpc) is 2.21. The van der Waals surface area contributed by atoms with E-state index in [9.17, 15) is 0 Å². The van der Waals surface area contributed by atoms with Gasteiger partial charge in [-0.15, -0.1) is 0 Å². The minimum absolute atomic E-state index is 0.592. The van der Waals surface area contributed by atoms with Gasteiger partial charge in [0, 0.05) is 12.7 Å². The van der Waals surface area contributed by atoms with Gasteiger partial charge in [-0.1, -0.05) is 12.2 Å². The summed E-state index contributed by atoms with van der Waals surface area (Å²) in [4.78, 5) is 3.96. The minimum Gasteiger partial charge on any atom is -0.396 e. The molecule has 0 fully saturated rings. The van der Waals surface area contributed by atoms with Crippen molar-refractivity contribution in [2.75, 3.05) is 30.8 Å². The highest BCUT2D eigenvalue weighted by molar-refractivity contribution is 9.10. The third kappa shape index (κ3) is 4.20. The molecule has 1 aromatic rings. The molecule has 0 saturated carbocycles. The Bertz CT molecular complexity index is 348. The van der Waals surface area contributed by atoms with Gasteiger partial charge in [0.15, 0.2) is 0 Å². The lowest BCUT2D eigenvalue weighted by atomic mass is 10.3. The van der Waals surface area contributed by atoms with E-state index in [1.165, 1.54) is 0 Å². The summed E-state index contributed by atoms with van der Waals surface area (Å²) in [5, 5.41) is 3.19. The molecule has 0 bridgehead atoms. The van der Waals surface area contributed by atoms with Crippen molar-refractivity contribution in [1.29, 1.82) is 0 Å². The van der Waals surface area contributed by atoms with Crippen molar-refractivity contribution in [1.82, 2.24) is 4.98 Å². The number of rotatable bonds is 6. The van der Waals surface area contributed by atoms with Gasteiger partial charge in [0.05, 0.1) is 35.3 Å². The highest BCUT2D eigenvalue weighted by Crippen LogP contribution is 2.26. The molecule has 16 heavy (non-hydrogen) atoms. The molecule has 0 aliphatic heterocycles. The average molecular weight is 286 g/mol. The van der Waals surface area contributed by atoms with Crippen molar-refractivity contribution in [3.8, 4) is 0 Å². The van der Waals surface area contributed by atoms with E-state index < -0.39 is 0 Å². The first kappa shape index (κ1) is 13.0. The van der Waals surface area contributed by atoms with Crippen LogP contribution in [-0.4, -0.2) is 24.7 Å². The number of anilines is 2. The van der Waals surface area contributed by atoms with Crippen LogP contribution in [0.15, 0.2) is 29.0 Å². The first-order chi connectivity index (χ1) is 7.61. The Labute approximate surface area is 104 Å². The second kappa shape index (κ2) is 6.50. The Morgan fingerprint density at radius 1 is 1.62 bits per heavy atom. The van der Waals surface area contributed by atoms with Crippen LogP contribution >= 0.6 is 15.9 Å². The number of nitrogens with two attached hydrogens (primary N) is 1. The quantitative estimate of drug-likeness (QED) is 0.623. The topological polar surface area (TPSA) is 60.2 Å². The highest BCUT2D eigenvalue weighted by atomic mass is 79.9. The molecule has 0 radical (unpaired) electrons. The molecule has 1 aromatic heterocycles. The zero-order valence-corrected chi connectivity index (χ0v) is 10.9. The highest BCUT2D eigenvalue weighted by Gasteiger charge is 2.03. The van der Waals surface area contributed by atoms with Gasteiger partial charge in [0.25, 0.3) is 0 Å². The SMILES string of the molecule is C=C(C)COCCNc1c(N)cncc1Br. The predicted molar refractivity (Wildman–Crippen MR) is 70.5 cm³/mol. The Morgan fingerprint density at radius 3 is 3.00 bits per heavy atom. The largest absolute Gasteiger partial charge is 0.396 e. The second-order valence-electron chi connectivity index (χ2n) is 3.52. The molecule has 0 atom stereocenters. The van der Waals surface area contributed by atoms with Crippen LogP contribution in [0.25, 0.3) is 0 Å². The van der Waals surface area contributed by atoms with Crippen molar-refractivity contribution in [2.45, 2.75) is 6.92 Å². The standard InChI is InChI=1S/C11H16BrN3O/c1-8(2)7-16-4-3-15-11-9(12)5-14-6-10(11)13/h5-6H,1,3-4,7,13H2,2H3,(H,14,15). The van der Waals surface area contributed by atoms with Crippen LogP contribution in [-0.2, 0) is 4.74 Å². The van der Waals surface area contributed by atoms with Crippen LogP contribution in [0.5, 0.6) is 0 Å². The van der Waals surface area contributed by atoms with Crippen LogP contribution in [0, 0.1) is 0 Å². The molecule has 0 unspecified atom stereocenters. The van der Waals surface area contributed by atoms with Crippen LogP contribution in [0.1, 0.15) is 6.92 Å². The summed E-state index contributed by atoms with van der Waals surface area (Å²) in [6.07, 6.45) is 3.31. The van der Waals surface area contributed by atoms with Gasteiger partial charge in [-0.3, -0.25) is 4.98 Å². The third-order valence-electron chi connectivity index (χ3n) is 1.83. The number of nitrogens with one attached hydrogen (secondary N) is 1. The van der Waals surface area contributed by atoms with E-state index in [1.54, 1.807) is 12.4 Å². The second-order valence-corrected chi connectivity index (χ2v) is 4.38. The van der Waals surface area contributed by atoms with Gasteiger partial charge in [-0.25, -0.2) is 0 Å². The first-order valence-corrected chi connectivity index (χ1v) is 5.75. The summed E-state index contributed by atoms with van der Waals surface area (Å²) >= 11 is 3.38. The Morgan fingerprint density at radius 2 is 2.38 bits per heavy atom. The van der Waals surface area contributed by atoms with Crippen molar-refractivity contribution in [3.05, 3.63) is 29.0 Å². The molecular weight excluding hydrogens is 270 g/mol. The number of nitrogen functional groups attached to an aromatic ring is 1. The number of ether oxygens (including phenoxy) is 1. The van der Waals surface area contributed by atoms with E-state index in [2.05, 4.69) is 32.8 Å². The summed E-state index contributed by atoms with van der Waals surface area (Å²) in [6.45, 7) is 7.59. The number of pyridine rings is 1. The Kier molecular flexibility index (Phi) is 5.28. The minimum atomic E-state index is 0.592. The van der Waals surface area contributed by atoms with E-state index in [-0.39, 0.29) is 0 Å². The normalized spacial score (nSPS) is 10.1. The first-order valence-electron chi connectivity index (χ1n) is 4.96. The van der Waals surface area contributed by atoms with E-state index >= 15 is 0 Å². The number of halogens is 1. The lowest BCUT2D eigenvalue weighted by molar-refractivity contribution is 0.167. The summed E-state index contributed by atoms with van der Waals surface area (Å²) < 4.78 is 6.22. The van der Waals surface area contributed by atoms with Gasteiger partial charge in [0.2, 0.25) is 0 Å². The maximum Gasteiger partial charge on any atom is 0.0750 e. The maximum absolute atomic E-state index is 5.77. The van der Waals surface area contributed by atoms with E-state index in [0.717, 1.165) is 15.7 Å². The summed E-state index contributed by atoms with van der Waals surface area (Å²) in [6, 6.07) is 0. The molecule has 0 aliphatic carbocycles. The van der Waals surface area contributed by atoms with Crippen molar-refractivity contribution in [3.63, 3.8) is 0 Å². The molecule has 0 spiro atoms. The fraction of sp³-hybridized carbons (Fsp3) is 0.364. The van der Waals surface area contributed by atoms with E-state index in [0.29, 0.717) is 25.4 Å². The summed E-state index contributed by atoms with van der Waals surface area (Å²) in [7, 11) is 0. The van der Waals surface area contributed by atoms with Gasteiger partial charge in [-0.2, -0.15) is 0 Å². The Hall–Kier alpha value is -1.07. The molecule has 5 heteroatoms. The maximum atomic E-state index is 5.77. The molecule has 0 amide bonds. The summed E-state index contributed by atoms with van der Waals surface area (Å²) in [5.74, 6) is 0. The van der Waals surface area contributed by atoms with Crippen LogP contribution in [0.2, 0.25) is 0 Å². The van der Waals surface area contributed by atoms with Crippen LogP contribution < -0.4 is 11.1 Å². The molecule has 0 aromatic carbocycles. The van der Waals surface area contributed by atoms with Crippen molar-refractivity contribution < 1.29 is 4.74 Å². The van der Waals surface area contributed by atoms with Crippen LogP contribution in [0.4, 0.5) is 11.4 Å². The molecule has 0 aliphatic rings. The van der Waals surface area contributed by atoms with Crippen molar-refractivity contribution >= 4 is 27.3 Å². The zero-order valence-electron chi connectivity index (χ0n) is 9.29. The molecule has 3 N–H and O–H groups in total. The number of hydrogen-bond donors (Lipinski definition) is 2. The molecule has 0 saturated heterocycles. The van der Waals surface area contributed by atoms with E-state index in [4.69, 9.17) is 10.5 Å². The monoisotopic (exact) mass is 285 g/mol. The molecule has 1 rings (SSSR count). The van der Waals surface area contributed by atoms with Gasteiger partial charge in [-0.05, 0) is 22.9 Å². The van der Waals surface area contributed by atoms with Crippen LogP contribution in [0.3, 0.4) is 0 Å². The molecule has 88 valence electrons. The Balaban J connectivity index is 2.34. The fourth-order valence-electron chi connectivity index (χ4n) is 1.13. The fourth-order valence-corrected chi connectivity index (χ4v) is 1.62. The number of aromatic nitrogens is 1. The summed E-state index contributed by atoms with van der Waals surface area (Å²) in [5.41, 5.74) is 8.27. The lowest BCUT2D eigenvalue weighted by Gasteiger charge is -2.10. The van der Waals surface area contributed by atoms with Gasteiger partial charge < -0.3 is 15.8 Å². The van der Waals surface area contributed by atoms with Gasteiger partial charge >= 0.3 is 0 Å². The smallest absolute Gasteiger partial charge is 0.0750 e. The predicted octanol–water partition coefficient (Wildman–Crippen LogP) is 2.43. The molecular formula is C11H16BrN3O. The zero-order chi connectivity index (χ0) is 12.0. The molecule has 1 heterocycles. The third-order valence-corrected chi connectivity index (χ3v) is 2.43.